The highest BCUT2D eigenvalue weighted by Crippen LogP contribution is 2.22. The van der Waals surface area contributed by atoms with Gasteiger partial charge in [0.2, 0.25) is 0 Å². The largest absolute Gasteiger partial charge is 0.373 e. The molecule has 4 nitrogen and oxygen atoms in total. The highest BCUT2D eigenvalue weighted by molar-refractivity contribution is 7.90. The van der Waals surface area contributed by atoms with Crippen LogP contribution in [-0.4, -0.2) is 39.8 Å². The number of rotatable bonds is 5. The third kappa shape index (κ3) is 3.80. The molecule has 0 bridgehead atoms. The molecule has 0 spiro atoms. The zero-order chi connectivity index (χ0) is 13.9. The molecule has 0 amide bonds. The van der Waals surface area contributed by atoms with Crippen molar-refractivity contribution < 1.29 is 17.6 Å². The van der Waals surface area contributed by atoms with Gasteiger partial charge in [0.15, 0.2) is 5.78 Å². The van der Waals surface area contributed by atoms with Crippen LogP contribution < -0.4 is 4.90 Å². The fraction of sp³-hybridized carbons (Fsp3) is 0.417. The lowest BCUT2D eigenvalue weighted by molar-refractivity contribution is 0.101. The predicted molar refractivity (Wildman–Crippen MR) is 69.4 cm³/mol. The van der Waals surface area contributed by atoms with Crippen molar-refractivity contribution in [2.24, 2.45) is 0 Å². The van der Waals surface area contributed by atoms with Crippen LogP contribution in [0.25, 0.3) is 0 Å². The number of nitrogens with zero attached hydrogens (tertiary/aromatic N) is 1. The van der Waals surface area contributed by atoms with E-state index in [1.54, 1.807) is 18.0 Å². The van der Waals surface area contributed by atoms with Crippen molar-refractivity contribution in [3.05, 3.63) is 29.6 Å². The SMILES string of the molecule is CC(=O)c1c(F)cccc1N(C)CCS(C)(=O)=O. The molecule has 0 atom stereocenters. The van der Waals surface area contributed by atoms with Crippen LogP contribution in [0.1, 0.15) is 17.3 Å². The van der Waals surface area contributed by atoms with Crippen LogP contribution in [0.3, 0.4) is 0 Å². The van der Waals surface area contributed by atoms with Crippen LogP contribution in [0, 0.1) is 5.82 Å². The molecule has 1 aromatic rings. The van der Waals surface area contributed by atoms with Gasteiger partial charge in [0.05, 0.1) is 17.0 Å². The Labute approximate surface area is 106 Å². The van der Waals surface area contributed by atoms with Crippen molar-refractivity contribution in [3.8, 4) is 0 Å². The Kier molecular flexibility index (Phi) is 4.45. The third-order valence-corrected chi connectivity index (χ3v) is 3.48. The molecule has 18 heavy (non-hydrogen) atoms. The summed E-state index contributed by atoms with van der Waals surface area (Å²) in [6, 6.07) is 4.31. The zero-order valence-corrected chi connectivity index (χ0v) is 11.4. The number of sulfone groups is 1. The van der Waals surface area contributed by atoms with E-state index in [-0.39, 0.29) is 23.6 Å². The number of hydrogen-bond acceptors (Lipinski definition) is 4. The highest BCUT2D eigenvalue weighted by Gasteiger charge is 2.16. The summed E-state index contributed by atoms with van der Waals surface area (Å²) in [6.07, 6.45) is 1.14. The molecule has 0 aliphatic carbocycles. The Morgan fingerprint density at radius 1 is 1.39 bits per heavy atom. The number of ketones is 1. The Hall–Kier alpha value is -1.43. The molecular formula is C12H16FNO3S. The molecular weight excluding hydrogens is 257 g/mol. The van der Waals surface area contributed by atoms with E-state index in [1.807, 2.05) is 0 Å². The van der Waals surface area contributed by atoms with Crippen molar-refractivity contribution in [1.82, 2.24) is 0 Å². The molecule has 0 aliphatic rings. The number of anilines is 1. The predicted octanol–water partition coefficient (Wildman–Crippen LogP) is 1.51. The fourth-order valence-corrected chi connectivity index (χ4v) is 2.21. The second-order valence-corrected chi connectivity index (χ2v) is 6.50. The second-order valence-electron chi connectivity index (χ2n) is 4.24. The van der Waals surface area contributed by atoms with Gasteiger partial charge in [-0.05, 0) is 19.1 Å². The summed E-state index contributed by atoms with van der Waals surface area (Å²) in [6.45, 7) is 1.49. The lowest BCUT2D eigenvalue weighted by atomic mass is 10.1. The molecule has 0 saturated carbocycles. The number of benzene rings is 1. The minimum Gasteiger partial charge on any atom is -0.373 e. The first-order valence-corrected chi connectivity index (χ1v) is 7.46. The highest BCUT2D eigenvalue weighted by atomic mass is 32.2. The Morgan fingerprint density at radius 3 is 2.50 bits per heavy atom. The van der Waals surface area contributed by atoms with Crippen LogP contribution in [-0.2, 0) is 9.84 Å². The minimum absolute atomic E-state index is 0.00602. The Bertz CT molecular complexity index is 554. The lowest BCUT2D eigenvalue weighted by Gasteiger charge is -2.21. The van der Waals surface area contributed by atoms with Gasteiger partial charge in [0.25, 0.3) is 0 Å². The van der Waals surface area contributed by atoms with E-state index in [9.17, 15) is 17.6 Å². The van der Waals surface area contributed by atoms with Gasteiger partial charge < -0.3 is 4.90 Å². The van der Waals surface area contributed by atoms with Gasteiger partial charge in [-0.1, -0.05) is 6.07 Å². The van der Waals surface area contributed by atoms with Crippen LogP contribution in [0.5, 0.6) is 0 Å². The molecule has 0 aliphatic heterocycles. The van der Waals surface area contributed by atoms with E-state index in [2.05, 4.69) is 0 Å². The van der Waals surface area contributed by atoms with Gasteiger partial charge in [-0.2, -0.15) is 0 Å². The van der Waals surface area contributed by atoms with Crippen LogP contribution in [0.15, 0.2) is 18.2 Å². The summed E-state index contributed by atoms with van der Waals surface area (Å²) in [4.78, 5) is 13.0. The first kappa shape index (κ1) is 14.6. The summed E-state index contributed by atoms with van der Waals surface area (Å²) < 4.78 is 35.7. The zero-order valence-electron chi connectivity index (χ0n) is 10.6. The Balaban J connectivity index is 3.02. The number of carbonyl (C=O) groups excluding carboxylic acids is 1. The minimum atomic E-state index is -3.09. The van der Waals surface area contributed by atoms with Crippen molar-refractivity contribution >= 4 is 21.3 Å². The molecule has 0 aromatic heterocycles. The molecule has 1 aromatic carbocycles. The molecule has 6 heteroatoms. The maximum atomic E-state index is 13.6. The maximum absolute atomic E-state index is 13.6. The monoisotopic (exact) mass is 273 g/mol. The molecule has 0 radical (unpaired) electrons. The van der Waals surface area contributed by atoms with Gasteiger partial charge in [0, 0.05) is 19.8 Å². The van der Waals surface area contributed by atoms with Crippen LogP contribution in [0.4, 0.5) is 10.1 Å². The summed E-state index contributed by atoms with van der Waals surface area (Å²) in [5.41, 5.74) is 0.402. The van der Waals surface area contributed by atoms with E-state index in [0.717, 1.165) is 6.26 Å². The van der Waals surface area contributed by atoms with E-state index in [0.29, 0.717) is 5.69 Å². The van der Waals surface area contributed by atoms with Gasteiger partial charge >= 0.3 is 0 Å². The summed E-state index contributed by atoms with van der Waals surface area (Å²) >= 11 is 0. The topological polar surface area (TPSA) is 54.5 Å². The van der Waals surface area contributed by atoms with E-state index < -0.39 is 15.7 Å². The molecule has 0 saturated heterocycles. The second kappa shape index (κ2) is 5.48. The average molecular weight is 273 g/mol. The van der Waals surface area contributed by atoms with Crippen molar-refractivity contribution in [2.45, 2.75) is 6.92 Å². The first-order chi connectivity index (χ1) is 8.22. The van der Waals surface area contributed by atoms with Gasteiger partial charge in [0.1, 0.15) is 15.7 Å². The smallest absolute Gasteiger partial charge is 0.164 e. The molecule has 1 rings (SSSR count). The molecule has 100 valence electrons. The normalized spacial score (nSPS) is 11.3. The molecule has 0 N–H and O–H groups in total. The Morgan fingerprint density at radius 2 is 2.00 bits per heavy atom. The number of carbonyl (C=O) groups is 1. The van der Waals surface area contributed by atoms with Crippen LogP contribution >= 0.6 is 0 Å². The first-order valence-electron chi connectivity index (χ1n) is 5.40. The fourth-order valence-electron chi connectivity index (χ4n) is 1.60. The summed E-state index contributed by atoms with van der Waals surface area (Å²) in [5.74, 6) is -1.02. The van der Waals surface area contributed by atoms with Crippen LogP contribution in [0.2, 0.25) is 0 Å². The van der Waals surface area contributed by atoms with E-state index in [4.69, 9.17) is 0 Å². The lowest BCUT2D eigenvalue weighted by Crippen LogP contribution is -2.26. The number of Topliss-reactive ketones (excluding diaryl/α,β-unsaturated/α-hetero) is 1. The standard InChI is InChI=1S/C12H16FNO3S/c1-9(15)12-10(13)5-4-6-11(12)14(2)7-8-18(3,16)17/h4-6H,7-8H2,1-3H3. The third-order valence-electron chi connectivity index (χ3n) is 2.55. The summed E-state index contributed by atoms with van der Waals surface area (Å²) in [7, 11) is -1.46. The quantitative estimate of drug-likeness (QED) is 0.763. The number of hydrogen-bond donors (Lipinski definition) is 0. The van der Waals surface area contributed by atoms with Crippen molar-refractivity contribution in [3.63, 3.8) is 0 Å². The van der Waals surface area contributed by atoms with Gasteiger partial charge in [-0.25, -0.2) is 12.8 Å². The van der Waals surface area contributed by atoms with Crippen molar-refractivity contribution in [1.29, 1.82) is 0 Å². The van der Waals surface area contributed by atoms with E-state index >= 15 is 0 Å². The van der Waals surface area contributed by atoms with Gasteiger partial charge in [-0.3, -0.25) is 4.79 Å². The maximum Gasteiger partial charge on any atom is 0.164 e. The number of halogens is 1. The molecule has 0 heterocycles. The molecule has 0 unspecified atom stereocenters. The van der Waals surface area contributed by atoms with Crippen molar-refractivity contribution in [2.75, 3.05) is 30.5 Å². The summed E-state index contributed by atoms with van der Waals surface area (Å²) in [5, 5.41) is 0. The molecule has 0 fully saturated rings. The van der Waals surface area contributed by atoms with E-state index in [1.165, 1.54) is 19.1 Å². The van der Waals surface area contributed by atoms with Gasteiger partial charge in [-0.15, -0.1) is 0 Å². The average Bonchev–Trinajstić information content (AvgIpc) is 2.24.